The average molecular weight is 273 g/mol. The van der Waals surface area contributed by atoms with Crippen LogP contribution < -0.4 is 10.6 Å². The highest BCUT2D eigenvalue weighted by molar-refractivity contribution is 5.80. The number of guanidine groups is 1. The minimum atomic E-state index is 0.214. The Labute approximate surface area is 122 Å². The fourth-order valence-electron chi connectivity index (χ4n) is 2.20. The fourth-order valence-corrected chi connectivity index (χ4v) is 2.20. The molecule has 1 aliphatic carbocycles. The third-order valence-electron chi connectivity index (χ3n) is 3.94. The van der Waals surface area contributed by atoms with Gasteiger partial charge in [-0.15, -0.1) is 0 Å². The summed E-state index contributed by atoms with van der Waals surface area (Å²) in [7, 11) is 1.82. The summed E-state index contributed by atoms with van der Waals surface area (Å²) in [6.45, 7) is 9.79. The van der Waals surface area contributed by atoms with Crippen molar-refractivity contribution in [3.05, 3.63) is 35.4 Å². The molecule has 1 aromatic carbocycles. The summed E-state index contributed by atoms with van der Waals surface area (Å²) in [6.07, 6.45) is 1.25. The van der Waals surface area contributed by atoms with Gasteiger partial charge in [-0.05, 0) is 28.9 Å². The topological polar surface area (TPSA) is 36.4 Å². The molecule has 1 fully saturated rings. The van der Waals surface area contributed by atoms with Gasteiger partial charge in [0.1, 0.15) is 0 Å². The predicted molar refractivity (Wildman–Crippen MR) is 86.0 cm³/mol. The van der Waals surface area contributed by atoms with Crippen LogP contribution in [-0.4, -0.2) is 19.0 Å². The minimum absolute atomic E-state index is 0.214. The number of benzene rings is 1. The lowest BCUT2D eigenvalue weighted by molar-refractivity contribution is 0.590. The summed E-state index contributed by atoms with van der Waals surface area (Å²) in [6, 6.07) is 9.43. The van der Waals surface area contributed by atoms with Gasteiger partial charge in [0.25, 0.3) is 0 Å². The van der Waals surface area contributed by atoms with Crippen LogP contribution in [0.25, 0.3) is 0 Å². The number of nitrogens with one attached hydrogen (secondary N) is 2. The summed E-state index contributed by atoms with van der Waals surface area (Å²) in [5.41, 5.74) is 2.87. The minimum Gasteiger partial charge on any atom is -0.353 e. The van der Waals surface area contributed by atoms with Gasteiger partial charge in [0.2, 0.25) is 0 Å². The molecule has 0 heterocycles. The first-order valence-electron chi connectivity index (χ1n) is 7.47. The number of rotatable bonds is 3. The lowest BCUT2D eigenvalue weighted by Gasteiger charge is -2.19. The molecule has 0 bridgehead atoms. The van der Waals surface area contributed by atoms with E-state index in [2.05, 4.69) is 67.6 Å². The normalized spacial score (nSPS) is 22.6. The molecular weight excluding hydrogens is 246 g/mol. The second-order valence-electron chi connectivity index (χ2n) is 6.84. The van der Waals surface area contributed by atoms with Crippen molar-refractivity contribution >= 4 is 5.96 Å². The Bertz CT molecular complexity index is 468. The smallest absolute Gasteiger partial charge is 0.191 e. The molecule has 20 heavy (non-hydrogen) atoms. The third kappa shape index (κ3) is 3.99. The Balaban J connectivity index is 1.87. The number of hydrogen-bond donors (Lipinski definition) is 2. The number of aliphatic imine (C=N–C) groups is 1. The number of nitrogens with zero attached hydrogens (tertiary/aromatic N) is 1. The van der Waals surface area contributed by atoms with Crippen molar-refractivity contribution in [3.8, 4) is 0 Å². The van der Waals surface area contributed by atoms with Crippen molar-refractivity contribution in [1.82, 2.24) is 10.6 Å². The van der Waals surface area contributed by atoms with Gasteiger partial charge in [0.15, 0.2) is 5.96 Å². The van der Waals surface area contributed by atoms with Crippen LogP contribution in [0.15, 0.2) is 29.3 Å². The molecule has 0 amide bonds. The summed E-state index contributed by atoms with van der Waals surface area (Å²) in [5, 5.41) is 6.81. The summed E-state index contributed by atoms with van der Waals surface area (Å²) in [5.74, 6) is 1.68. The van der Waals surface area contributed by atoms with Gasteiger partial charge in [0.05, 0.1) is 0 Å². The molecule has 0 radical (unpaired) electrons. The molecule has 3 nitrogen and oxygen atoms in total. The van der Waals surface area contributed by atoms with Gasteiger partial charge in [-0.2, -0.15) is 0 Å². The Morgan fingerprint density at radius 1 is 1.25 bits per heavy atom. The molecule has 1 aromatic rings. The second-order valence-corrected chi connectivity index (χ2v) is 6.84. The molecule has 110 valence electrons. The van der Waals surface area contributed by atoms with E-state index in [1.54, 1.807) is 0 Å². The van der Waals surface area contributed by atoms with Crippen LogP contribution in [0.3, 0.4) is 0 Å². The van der Waals surface area contributed by atoms with Gasteiger partial charge in [0, 0.05) is 19.6 Å². The maximum atomic E-state index is 4.27. The molecule has 0 aliphatic heterocycles. The van der Waals surface area contributed by atoms with Crippen LogP contribution in [0.2, 0.25) is 0 Å². The Morgan fingerprint density at radius 2 is 1.85 bits per heavy atom. The number of hydrogen-bond acceptors (Lipinski definition) is 1. The molecule has 2 N–H and O–H groups in total. The Kier molecular flexibility index (Phi) is 4.36. The molecule has 2 unspecified atom stereocenters. The molecule has 2 rings (SSSR count). The SMILES string of the molecule is CN=C(NCc1ccc(C(C)(C)C)cc1)NC1CC1C. The summed E-state index contributed by atoms with van der Waals surface area (Å²) in [4.78, 5) is 4.27. The highest BCUT2D eigenvalue weighted by Crippen LogP contribution is 2.28. The zero-order valence-electron chi connectivity index (χ0n) is 13.3. The molecule has 0 aromatic heterocycles. The summed E-state index contributed by atoms with van der Waals surface area (Å²) < 4.78 is 0. The van der Waals surface area contributed by atoms with E-state index in [1.807, 2.05) is 7.05 Å². The van der Waals surface area contributed by atoms with Gasteiger partial charge in [-0.3, -0.25) is 4.99 Å². The molecule has 2 atom stereocenters. The van der Waals surface area contributed by atoms with Crippen molar-refractivity contribution in [2.24, 2.45) is 10.9 Å². The van der Waals surface area contributed by atoms with E-state index in [1.165, 1.54) is 17.5 Å². The van der Waals surface area contributed by atoms with Crippen LogP contribution >= 0.6 is 0 Å². The second kappa shape index (κ2) is 5.86. The zero-order chi connectivity index (χ0) is 14.8. The molecule has 3 heteroatoms. The lowest BCUT2D eigenvalue weighted by atomic mass is 9.87. The van der Waals surface area contributed by atoms with Gasteiger partial charge in [-0.1, -0.05) is 52.0 Å². The maximum Gasteiger partial charge on any atom is 0.191 e. The standard InChI is InChI=1S/C17H27N3/c1-12-10-15(12)20-16(18-5)19-11-13-6-8-14(9-7-13)17(2,3)4/h6-9,12,15H,10-11H2,1-5H3,(H2,18,19,20). The van der Waals surface area contributed by atoms with E-state index >= 15 is 0 Å². The van der Waals surface area contributed by atoms with E-state index in [-0.39, 0.29) is 5.41 Å². The van der Waals surface area contributed by atoms with Crippen LogP contribution in [0.1, 0.15) is 45.2 Å². The molecule has 1 saturated carbocycles. The van der Waals surface area contributed by atoms with E-state index in [4.69, 9.17) is 0 Å². The maximum absolute atomic E-state index is 4.27. The lowest BCUT2D eigenvalue weighted by Crippen LogP contribution is -2.38. The van der Waals surface area contributed by atoms with Crippen molar-refractivity contribution in [2.75, 3.05) is 7.05 Å². The van der Waals surface area contributed by atoms with Crippen molar-refractivity contribution in [3.63, 3.8) is 0 Å². The monoisotopic (exact) mass is 273 g/mol. The van der Waals surface area contributed by atoms with Crippen LogP contribution in [0, 0.1) is 5.92 Å². The van der Waals surface area contributed by atoms with Crippen LogP contribution in [-0.2, 0) is 12.0 Å². The van der Waals surface area contributed by atoms with Crippen LogP contribution in [0.5, 0.6) is 0 Å². The largest absolute Gasteiger partial charge is 0.353 e. The van der Waals surface area contributed by atoms with E-state index < -0.39 is 0 Å². The van der Waals surface area contributed by atoms with Crippen molar-refractivity contribution in [1.29, 1.82) is 0 Å². The Hall–Kier alpha value is -1.51. The highest BCUT2D eigenvalue weighted by Gasteiger charge is 2.33. The predicted octanol–water partition coefficient (Wildman–Crippen LogP) is 3.06. The van der Waals surface area contributed by atoms with E-state index in [0.717, 1.165) is 18.4 Å². The molecular formula is C17H27N3. The summed E-state index contributed by atoms with van der Waals surface area (Å²) >= 11 is 0. The first-order valence-corrected chi connectivity index (χ1v) is 7.47. The van der Waals surface area contributed by atoms with E-state index in [0.29, 0.717) is 6.04 Å². The van der Waals surface area contributed by atoms with Gasteiger partial charge >= 0.3 is 0 Å². The average Bonchev–Trinajstić information content (AvgIpc) is 3.09. The molecule has 0 spiro atoms. The molecule has 1 aliphatic rings. The Morgan fingerprint density at radius 3 is 2.30 bits per heavy atom. The third-order valence-corrected chi connectivity index (χ3v) is 3.94. The van der Waals surface area contributed by atoms with Crippen molar-refractivity contribution in [2.45, 2.75) is 52.1 Å². The van der Waals surface area contributed by atoms with Gasteiger partial charge < -0.3 is 10.6 Å². The van der Waals surface area contributed by atoms with Crippen LogP contribution in [0.4, 0.5) is 0 Å². The first-order chi connectivity index (χ1) is 9.40. The first kappa shape index (κ1) is 14.9. The fraction of sp³-hybridized carbons (Fsp3) is 0.588. The zero-order valence-corrected chi connectivity index (χ0v) is 13.3. The highest BCUT2D eigenvalue weighted by atomic mass is 15.2. The van der Waals surface area contributed by atoms with Crippen molar-refractivity contribution < 1.29 is 0 Å². The quantitative estimate of drug-likeness (QED) is 0.656. The van der Waals surface area contributed by atoms with Gasteiger partial charge in [-0.25, -0.2) is 0 Å². The van der Waals surface area contributed by atoms with E-state index in [9.17, 15) is 0 Å². The molecule has 0 saturated heterocycles.